The maximum Gasteiger partial charge on any atom is 0.265 e. The highest BCUT2D eigenvalue weighted by molar-refractivity contribution is 5.93. The minimum atomic E-state index is -0.610. The second-order valence-electron chi connectivity index (χ2n) is 4.73. The number of hydrogen-bond donors (Lipinski definition) is 1. The van der Waals surface area contributed by atoms with Gasteiger partial charge in [-0.1, -0.05) is 18.2 Å². The number of rotatable bonds is 5. The van der Waals surface area contributed by atoms with Crippen LogP contribution in [-0.4, -0.2) is 36.1 Å². The van der Waals surface area contributed by atoms with Crippen LogP contribution in [0.25, 0.3) is 0 Å². The number of amides is 1. The maximum atomic E-state index is 12.0. The predicted molar refractivity (Wildman–Crippen MR) is 81.5 cm³/mol. The lowest BCUT2D eigenvalue weighted by molar-refractivity contribution is -0.122. The molecule has 0 fully saturated rings. The number of carbonyl (C=O) groups excluding carboxylic acids is 1. The normalized spacial score (nSPS) is 11.6. The molecular weight excluding hydrogens is 268 g/mol. The van der Waals surface area contributed by atoms with Gasteiger partial charge in [-0.25, -0.2) is 9.97 Å². The van der Waals surface area contributed by atoms with Crippen LogP contribution >= 0.6 is 0 Å². The van der Waals surface area contributed by atoms with E-state index in [1.54, 1.807) is 36.4 Å². The second-order valence-corrected chi connectivity index (χ2v) is 4.73. The predicted octanol–water partition coefficient (Wildman–Crippen LogP) is 1.95. The monoisotopic (exact) mass is 286 g/mol. The quantitative estimate of drug-likeness (QED) is 0.910. The Kier molecular flexibility index (Phi) is 4.71. The Hall–Kier alpha value is -2.63. The topological polar surface area (TPSA) is 67.3 Å². The molecule has 2 rings (SSSR count). The fourth-order valence-corrected chi connectivity index (χ4v) is 1.62. The van der Waals surface area contributed by atoms with Crippen molar-refractivity contribution in [1.29, 1.82) is 0 Å². The zero-order valence-electron chi connectivity index (χ0n) is 12.3. The minimum Gasteiger partial charge on any atom is -0.481 e. The third-order valence-corrected chi connectivity index (χ3v) is 2.73. The molecule has 6 heteroatoms. The van der Waals surface area contributed by atoms with Crippen LogP contribution in [0, 0.1) is 0 Å². The molecule has 21 heavy (non-hydrogen) atoms. The molecule has 1 aromatic carbocycles. The summed E-state index contributed by atoms with van der Waals surface area (Å²) in [6, 6.07) is 9.21. The molecule has 0 aliphatic carbocycles. The number of hydrogen-bond acceptors (Lipinski definition) is 5. The molecule has 1 amide bonds. The van der Waals surface area contributed by atoms with Crippen LogP contribution in [0.2, 0.25) is 0 Å². The fraction of sp³-hybridized carbons (Fsp3) is 0.267. The van der Waals surface area contributed by atoms with Crippen molar-refractivity contribution in [3.05, 3.63) is 42.7 Å². The van der Waals surface area contributed by atoms with E-state index in [9.17, 15) is 4.79 Å². The van der Waals surface area contributed by atoms with E-state index in [0.717, 1.165) is 0 Å². The Labute approximate surface area is 123 Å². The van der Waals surface area contributed by atoms with E-state index in [0.29, 0.717) is 17.4 Å². The molecule has 0 spiro atoms. The highest BCUT2D eigenvalue weighted by Crippen LogP contribution is 2.12. The van der Waals surface area contributed by atoms with Crippen molar-refractivity contribution in [1.82, 2.24) is 9.97 Å². The van der Waals surface area contributed by atoms with Crippen LogP contribution in [0.5, 0.6) is 5.75 Å². The second kappa shape index (κ2) is 6.69. The van der Waals surface area contributed by atoms with Gasteiger partial charge in [-0.05, 0) is 19.1 Å². The van der Waals surface area contributed by atoms with Gasteiger partial charge in [0, 0.05) is 14.1 Å². The van der Waals surface area contributed by atoms with Crippen molar-refractivity contribution in [2.24, 2.45) is 0 Å². The van der Waals surface area contributed by atoms with Crippen molar-refractivity contribution in [3.63, 3.8) is 0 Å². The summed E-state index contributed by atoms with van der Waals surface area (Å²) in [4.78, 5) is 22.1. The number of anilines is 2. The third-order valence-electron chi connectivity index (χ3n) is 2.73. The zero-order chi connectivity index (χ0) is 15.2. The van der Waals surface area contributed by atoms with E-state index >= 15 is 0 Å². The molecule has 0 aliphatic heterocycles. The van der Waals surface area contributed by atoms with Gasteiger partial charge in [-0.2, -0.15) is 0 Å². The van der Waals surface area contributed by atoms with Gasteiger partial charge in [-0.3, -0.25) is 4.79 Å². The Bertz CT molecular complexity index is 584. The van der Waals surface area contributed by atoms with E-state index in [1.807, 2.05) is 32.3 Å². The molecular formula is C15H18N4O2. The number of nitrogens with one attached hydrogen (secondary N) is 1. The van der Waals surface area contributed by atoms with E-state index in [-0.39, 0.29) is 5.91 Å². The molecule has 0 saturated heterocycles. The third kappa shape index (κ3) is 4.17. The zero-order valence-corrected chi connectivity index (χ0v) is 12.3. The number of nitrogens with zero attached hydrogens (tertiary/aromatic N) is 3. The summed E-state index contributed by atoms with van der Waals surface area (Å²) in [6.07, 6.45) is 2.52. The van der Waals surface area contributed by atoms with Gasteiger partial charge in [0.1, 0.15) is 5.75 Å². The van der Waals surface area contributed by atoms with Gasteiger partial charge in [0.2, 0.25) is 5.95 Å². The minimum absolute atomic E-state index is 0.250. The molecule has 0 saturated carbocycles. The van der Waals surface area contributed by atoms with Crippen LogP contribution in [0.3, 0.4) is 0 Å². The summed E-state index contributed by atoms with van der Waals surface area (Å²) in [6.45, 7) is 1.69. The summed E-state index contributed by atoms with van der Waals surface area (Å²) in [5.74, 6) is 0.987. The molecule has 1 N–H and O–H groups in total. The molecule has 1 aromatic heterocycles. The van der Waals surface area contributed by atoms with E-state index in [2.05, 4.69) is 15.3 Å². The smallest absolute Gasteiger partial charge is 0.265 e. The Morgan fingerprint density at radius 1 is 1.19 bits per heavy atom. The first kappa shape index (κ1) is 14.8. The van der Waals surface area contributed by atoms with Gasteiger partial charge in [-0.15, -0.1) is 0 Å². The SMILES string of the molecule is CC(Oc1ccccc1)C(=O)Nc1cnc(N(C)C)nc1. The lowest BCUT2D eigenvalue weighted by Gasteiger charge is -2.15. The average molecular weight is 286 g/mol. The van der Waals surface area contributed by atoms with Crippen molar-refractivity contribution < 1.29 is 9.53 Å². The largest absolute Gasteiger partial charge is 0.481 e. The highest BCUT2D eigenvalue weighted by atomic mass is 16.5. The van der Waals surface area contributed by atoms with Gasteiger partial charge < -0.3 is 15.0 Å². The Balaban J connectivity index is 1.94. The summed E-state index contributed by atoms with van der Waals surface area (Å²) in [7, 11) is 3.70. The van der Waals surface area contributed by atoms with Gasteiger partial charge in [0.05, 0.1) is 18.1 Å². The molecule has 6 nitrogen and oxygen atoms in total. The number of aromatic nitrogens is 2. The number of para-hydroxylation sites is 1. The Morgan fingerprint density at radius 2 is 1.81 bits per heavy atom. The van der Waals surface area contributed by atoms with E-state index < -0.39 is 6.10 Å². The number of benzene rings is 1. The van der Waals surface area contributed by atoms with Crippen LogP contribution in [0.1, 0.15) is 6.92 Å². The molecule has 110 valence electrons. The first-order valence-electron chi connectivity index (χ1n) is 6.58. The number of ether oxygens (including phenoxy) is 1. The molecule has 0 bridgehead atoms. The lowest BCUT2D eigenvalue weighted by atomic mass is 10.3. The Morgan fingerprint density at radius 3 is 2.38 bits per heavy atom. The summed E-state index contributed by atoms with van der Waals surface area (Å²) >= 11 is 0. The average Bonchev–Trinajstić information content (AvgIpc) is 2.48. The van der Waals surface area contributed by atoms with Crippen molar-refractivity contribution in [2.75, 3.05) is 24.3 Å². The van der Waals surface area contributed by atoms with Crippen molar-refractivity contribution in [2.45, 2.75) is 13.0 Å². The van der Waals surface area contributed by atoms with Crippen molar-refractivity contribution in [3.8, 4) is 5.75 Å². The van der Waals surface area contributed by atoms with Crippen LogP contribution in [0.15, 0.2) is 42.7 Å². The molecule has 1 unspecified atom stereocenters. The van der Waals surface area contributed by atoms with E-state index in [1.165, 1.54) is 0 Å². The standard InChI is InChI=1S/C15H18N4O2/c1-11(21-13-7-5-4-6-8-13)14(20)18-12-9-16-15(17-10-12)19(2)3/h4-11H,1-3H3,(H,18,20). The molecule has 2 aromatic rings. The summed E-state index contributed by atoms with van der Waals surface area (Å²) in [5.41, 5.74) is 0.536. The summed E-state index contributed by atoms with van der Waals surface area (Å²) < 4.78 is 5.55. The van der Waals surface area contributed by atoms with E-state index in [4.69, 9.17) is 4.74 Å². The maximum absolute atomic E-state index is 12.0. The number of carbonyl (C=O) groups is 1. The van der Waals surface area contributed by atoms with Crippen LogP contribution in [-0.2, 0) is 4.79 Å². The summed E-state index contributed by atoms with van der Waals surface area (Å²) in [5, 5.41) is 2.72. The first-order chi connectivity index (χ1) is 10.1. The fourth-order valence-electron chi connectivity index (χ4n) is 1.62. The highest BCUT2D eigenvalue weighted by Gasteiger charge is 2.15. The lowest BCUT2D eigenvalue weighted by Crippen LogP contribution is -2.30. The van der Waals surface area contributed by atoms with Crippen LogP contribution in [0.4, 0.5) is 11.6 Å². The van der Waals surface area contributed by atoms with Gasteiger partial charge in [0.25, 0.3) is 5.91 Å². The van der Waals surface area contributed by atoms with Gasteiger partial charge in [0.15, 0.2) is 6.10 Å². The molecule has 0 radical (unpaired) electrons. The molecule has 0 aliphatic rings. The molecule has 1 heterocycles. The first-order valence-corrected chi connectivity index (χ1v) is 6.58. The van der Waals surface area contributed by atoms with Crippen LogP contribution < -0.4 is 15.0 Å². The van der Waals surface area contributed by atoms with Crippen molar-refractivity contribution >= 4 is 17.5 Å². The molecule has 1 atom stereocenters. The van der Waals surface area contributed by atoms with Gasteiger partial charge >= 0.3 is 0 Å².